The van der Waals surface area contributed by atoms with Crippen molar-refractivity contribution in [2.45, 2.75) is 52.1 Å². The van der Waals surface area contributed by atoms with E-state index in [2.05, 4.69) is 26.8 Å². The van der Waals surface area contributed by atoms with Crippen molar-refractivity contribution in [3.05, 3.63) is 35.1 Å². The van der Waals surface area contributed by atoms with Gasteiger partial charge in [-0.15, -0.1) is 0 Å². The fourth-order valence-corrected chi connectivity index (χ4v) is 4.44. The molecule has 0 spiro atoms. The van der Waals surface area contributed by atoms with E-state index in [9.17, 15) is 10.4 Å². The molecule has 1 atom stereocenters. The fourth-order valence-electron chi connectivity index (χ4n) is 4.25. The van der Waals surface area contributed by atoms with Crippen molar-refractivity contribution in [2.24, 2.45) is 11.8 Å². The first kappa shape index (κ1) is 21.5. The van der Waals surface area contributed by atoms with Crippen molar-refractivity contribution in [3.8, 4) is 17.3 Å². The second-order valence-electron chi connectivity index (χ2n) is 8.59. The molecule has 0 saturated heterocycles. The second kappa shape index (κ2) is 9.21. The first-order chi connectivity index (χ1) is 15.0. The fraction of sp³-hybridized carbons (Fsp3) is 0.478. The molecule has 0 amide bonds. The number of imidazole rings is 1. The summed E-state index contributed by atoms with van der Waals surface area (Å²) in [5.74, 6) is 2.01. The van der Waals surface area contributed by atoms with Crippen LogP contribution in [0.25, 0.3) is 22.4 Å². The summed E-state index contributed by atoms with van der Waals surface area (Å²) in [7, 11) is 0. The van der Waals surface area contributed by atoms with Gasteiger partial charge in [-0.3, -0.25) is 0 Å². The first-order valence-corrected chi connectivity index (χ1v) is 11.2. The summed E-state index contributed by atoms with van der Waals surface area (Å²) in [5.41, 5.74) is 2.72. The van der Waals surface area contributed by atoms with Gasteiger partial charge in [0.25, 0.3) is 0 Å². The zero-order valence-corrected chi connectivity index (χ0v) is 18.6. The van der Waals surface area contributed by atoms with E-state index in [-0.39, 0.29) is 18.5 Å². The van der Waals surface area contributed by atoms with Crippen molar-refractivity contribution < 1.29 is 5.11 Å². The predicted octanol–water partition coefficient (Wildman–Crippen LogP) is 4.64. The average molecular weight is 439 g/mol. The standard InChI is InChI=1S/C23H27ClN6O/c1-14-6-8-16(9-7-14)12-30-21-20(17-4-3-5-18(24)10-17)27-19(11-25)28-22(21)29-23(30)26-15(2)13-31/h3-5,10,14-16,31H,6-9,12-13H2,1-2H3,(H,26,27,28,29)/t14?,15-,16?/m1/s1. The van der Waals surface area contributed by atoms with Gasteiger partial charge in [0.05, 0.1) is 6.61 Å². The monoisotopic (exact) mass is 438 g/mol. The third-order valence-corrected chi connectivity index (χ3v) is 6.26. The van der Waals surface area contributed by atoms with Crippen LogP contribution in [0.4, 0.5) is 5.95 Å². The van der Waals surface area contributed by atoms with E-state index in [4.69, 9.17) is 16.6 Å². The van der Waals surface area contributed by atoms with Crippen LogP contribution >= 0.6 is 11.6 Å². The lowest BCUT2D eigenvalue weighted by atomic mass is 9.83. The highest BCUT2D eigenvalue weighted by Gasteiger charge is 2.25. The molecule has 1 fully saturated rings. The van der Waals surface area contributed by atoms with Crippen molar-refractivity contribution in [1.82, 2.24) is 19.5 Å². The Kier molecular flexibility index (Phi) is 6.40. The number of rotatable bonds is 6. The highest BCUT2D eigenvalue weighted by molar-refractivity contribution is 6.30. The van der Waals surface area contributed by atoms with Crippen LogP contribution in [0.2, 0.25) is 5.02 Å². The van der Waals surface area contributed by atoms with Crippen LogP contribution in [0.3, 0.4) is 0 Å². The number of anilines is 1. The van der Waals surface area contributed by atoms with Gasteiger partial charge >= 0.3 is 0 Å². The number of hydrogen-bond acceptors (Lipinski definition) is 6. The number of halogens is 1. The molecule has 0 bridgehead atoms. The Morgan fingerprint density at radius 2 is 2.03 bits per heavy atom. The maximum absolute atomic E-state index is 9.57. The number of nitrogens with zero attached hydrogens (tertiary/aromatic N) is 5. The Bertz CT molecular complexity index is 1110. The minimum absolute atomic E-state index is 0.0135. The van der Waals surface area contributed by atoms with Crippen molar-refractivity contribution in [3.63, 3.8) is 0 Å². The molecule has 8 heteroatoms. The molecule has 1 aliphatic rings. The number of aromatic nitrogens is 4. The predicted molar refractivity (Wildman–Crippen MR) is 122 cm³/mol. The van der Waals surface area contributed by atoms with Crippen molar-refractivity contribution in [2.75, 3.05) is 11.9 Å². The lowest BCUT2D eigenvalue weighted by Gasteiger charge is -2.27. The van der Waals surface area contributed by atoms with Gasteiger partial charge in [-0.1, -0.05) is 43.5 Å². The third-order valence-electron chi connectivity index (χ3n) is 6.03. The van der Waals surface area contributed by atoms with Crippen LogP contribution in [0.15, 0.2) is 24.3 Å². The number of nitriles is 1. The summed E-state index contributed by atoms with van der Waals surface area (Å²) in [6, 6.07) is 9.33. The molecule has 31 heavy (non-hydrogen) atoms. The number of benzene rings is 1. The van der Waals surface area contributed by atoms with Gasteiger partial charge in [0.2, 0.25) is 11.8 Å². The van der Waals surface area contributed by atoms with E-state index in [1.165, 1.54) is 25.7 Å². The third kappa shape index (κ3) is 4.65. The van der Waals surface area contributed by atoms with Crippen LogP contribution in [-0.2, 0) is 6.54 Å². The van der Waals surface area contributed by atoms with E-state index >= 15 is 0 Å². The van der Waals surface area contributed by atoms with Gasteiger partial charge in [0, 0.05) is 23.2 Å². The van der Waals surface area contributed by atoms with E-state index in [1.54, 1.807) is 0 Å². The van der Waals surface area contributed by atoms with Gasteiger partial charge in [-0.25, -0.2) is 4.98 Å². The Balaban J connectivity index is 1.88. The summed E-state index contributed by atoms with van der Waals surface area (Å²) < 4.78 is 2.12. The van der Waals surface area contributed by atoms with Crippen LogP contribution < -0.4 is 5.32 Å². The molecule has 0 radical (unpaired) electrons. The molecule has 162 valence electrons. The molecule has 1 saturated carbocycles. The minimum atomic E-state index is -0.167. The van der Waals surface area contributed by atoms with E-state index in [0.29, 0.717) is 28.2 Å². The molecule has 1 aliphatic carbocycles. The number of nitrogens with one attached hydrogen (secondary N) is 1. The maximum atomic E-state index is 9.57. The number of fused-ring (bicyclic) bond motifs is 1. The highest BCUT2D eigenvalue weighted by atomic mass is 35.5. The largest absolute Gasteiger partial charge is 0.394 e. The molecular formula is C23H27ClN6O. The Labute approximate surface area is 187 Å². The molecule has 0 unspecified atom stereocenters. The Morgan fingerprint density at radius 1 is 1.26 bits per heavy atom. The Morgan fingerprint density at radius 3 is 2.71 bits per heavy atom. The van der Waals surface area contributed by atoms with Crippen molar-refractivity contribution >= 4 is 28.7 Å². The van der Waals surface area contributed by atoms with Gasteiger partial charge in [-0.2, -0.15) is 15.2 Å². The molecule has 0 aliphatic heterocycles. The second-order valence-corrected chi connectivity index (χ2v) is 9.03. The molecule has 1 aromatic carbocycles. The van der Waals surface area contributed by atoms with Gasteiger partial charge in [-0.05, 0) is 43.7 Å². The zero-order valence-electron chi connectivity index (χ0n) is 17.8. The van der Waals surface area contributed by atoms with Crippen LogP contribution in [0, 0.1) is 23.2 Å². The smallest absolute Gasteiger partial charge is 0.234 e. The average Bonchev–Trinajstić information content (AvgIpc) is 3.11. The van der Waals surface area contributed by atoms with Gasteiger partial charge < -0.3 is 15.0 Å². The van der Waals surface area contributed by atoms with Crippen LogP contribution in [-0.4, -0.2) is 37.3 Å². The molecule has 2 aromatic heterocycles. The molecule has 2 heterocycles. The zero-order chi connectivity index (χ0) is 22.0. The SMILES string of the molecule is CC1CCC(Cn2c(N[C@H](C)CO)nc3nc(C#N)nc(-c4cccc(Cl)c4)c32)CC1. The van der Waals surface area contributed by atoms with Crippen LogP contribution in [0.5, 0.6) is 0 Å². The normalized spacial score (nSPS) is 19.8. The molecule has 4 rings (SSSR count). The number of aliphatic hydroxyl groups excluding tert-OH is 1. The summed E-state index contributed by atoms with van der Waals surface area (Å²) >= 11 is 6.25. The van der Waals surface area contributed by atoms with Gasteiger partial charge in [0.1, 0.15) is 17.3 Å². The summed E-state index contributed by atoms with van der Waals surface area (Å²) in [5, 5.41) is 23.0. The first-order valence-electron chi connectivity index (χ1n) is 10.8. The Hall–Kier alpha value is -2.69. The van der Waals surface area contributed by atoms with E-state index in [0.717, 1.165) is 23.5 Å². The summed E-state index contributed by atoms with van der Waals surface area (Å²) in [6.07, 6.45) is 4.78. The highest BCUT2D eigenvalue weighted by Crippen LogP contribution is 2.34. The lowest BCUT2D eigenvalue weighted by molar-refractivity contribution is 0.265. The van der Waals surface area contributed by atoms with Crippen molar-refractivity contribution in [1.29, 1.82) is 5.26 Å². The molecule has 2 N–H and O–H groups in total. The lowest BCUT2D eigenvalue weighted by Crippen LogP contribution is -2.24. The van der Waals surface area contributed by atoms with Gasteiger partial charge in [0.15, 0.2) is 5.65 Å². The quantitative estimate of drug-likeness (QED) is 0.581. The van der Waals surface area contributed by atoms with E-state index in [1.807, 2.05) is 37.3 Å². The number of aliphatic hydroxyl groups is 1. The summed E-state index contributed by atoms with van der Waals surface area (Å²) in [4.78, 5) is 13.6. The van der Waals surface area contributed by atoms with Crippen LogP contribution in [0.1, 0.15) is 45.4 Å². The maximum Gasteiger partial charge on any atom is 0.234 e. The minimum Gasteiger partial charge on any atom is -0.394 e. The molecule has 7 nitrogen and oxygen atoms in total. The topological polar surface area (TPSA) is 99.6 Å². The summed E-state index contributed by atoms with van der Waals surface area (Å²) in [6.45, 7) is 4.98. The molecule has 3 aromatic rings. The molecular weight excluding hydrogens is 412 g/mol. The van der Waals surface area contributed by atoms with E-state index < -0.39 is 0 Å². The number of hydrogen-bond donors (Lipinski definition) is 2.